The zero-order valence-corrected chi connectivity index (χ0v) is 18.9. The van der Waals surface area contributed by atoms with Crippen LogP contribution in [0.1, 0.15) is 37.3 Å². The van der Waals surface area contributed by atoms with Gasteiger partial charge in [-0.05, 0) is 47.7 Å². The zero-order chi connectivity index (χ0) is 21.2. The molecule has 2 aromatic carbocycles. The molecule has 1 atom stereocenters. The molecule has 0 aliphatic heterocycles. The van der Waals surface area contributed by atoms with Gasteiger partial charge in [-0.3, -0.25) is 9.40 Å². The highest BCUT2D eigenvalue weighted by Crippen LogP contribution is 2.26. The second-order valence-electron chi connectivity index (χ2n) is 6.76. The lowest BCUT2D eigenvalue weighted by atomic mass is 9.99. The van der Waals surface area contributed by atoms with E-state index in [0.29, 0.717) is 22.5 Å². The first-order valence-electron chi connectivity index (χ1n) is 8.99. The topological polar surface area (TPSA) is 64.0 Å². The van der Waals surface area contributed by atoms with Crippen LogP contribution in [0.4, 0.5) is 5.82 Å². The SMILES string of the molecule is CCC(C)c1ccc(S(=O)(=O)Nc2nn(Cc3ccc(Cl)c(Cl)c3)cc2Cl)cc1. The molecule has 0 radical (unpaired) electrons. The van der Waals surface area contributed by atoms with Crippen LogP contribution < -0.4 is 4.72 Å². The molecule has 0 aliphatic carbocycles. The summed E-state index contributed by atoms with van der Waals surface area (Å²) in [4.78, 5) is 0.152. The van der Waals surface area contributed by atoms with Crippen molar-refractivity contribution >= 4 is 50.6 Å². The first-order chi connectivity index (χ1) is 13.7. The van der Waals surface area contributed by atoms with Crippen molar-refractivity contribution in [3.63, 3.8) is 0 Å². The van der Waals surface area contributed by atoms with E-state index in [1.807, 2.05) is 18.2 Å². The van der Waals surface area contributed by atoms with Crippen molar-refractivity contribution in [1.82, 2.24) is 9.78 Å². The molecule has 1 unspecified atom stereocenters. The van der Waals surface area contributed by atoms with Gasteiger partial charge in [-0.25, -0.2) is 8.42 Å². The van der Waals surface area contributed by atoms with Crippen LogP contribution in [-0.4, -0.2) is 18.2 Å². The molecule has 0 aliphatic rings. The fourth-order valence-corrected chi connectivity index (χ4v) is 4.36. The Hall–Kier alpha value is -1.73. The number of hydrogen-bond acceptors (Lipinski definition) is 3. The van der Waals surface area contributed by atoms with Gasteiger partial charge in [0, 0.05) is 6.20 Å². The van der Waals surface area contributed by atoms with Crippen LogP contribution in [0.25, 0.3) is 0 Å². The van der Waals surface area contributed by atoms with Crippen LogP contribution in [0.5, 0.6) is 0 Å². The number of aromatic nitrogens is 2. The number of nitrogens with zero attached hydrogens (tertiary/aromatic N) is 2. The summed E-state index contributed by atoms with van der Waals surface area (Å²) in [7, 11) is -3.81. The zero-order valence-electron chi connectivity index (χ0n) is 15.9. The molecule has 5 nitrogen and oxygen atoms in total. The fourth-order valence-electron chi connectivity index (χ4n) is 2.77. The number of benzene rings is 2. The minimum atomic E-state index is -3.81. The van der Waals surface area contributed by atoms with Crippen molar-refractivity contribution in [1.29, 1.82) is 0 Å². The molecule has 0 amide bonds. The van der Waals surface area contributed by atoms with E-state index >= 15 is 0 Å². The Labute approximate surface area is 185 Å². The molecule has 1 heterocycles. The maximum absolute atomic E-state index is 12.7. The summed E-state index contributed by atoms with van der Waals surface area (Å²) < 4.78 is 29.4. The molecule has 0 spiro atoms. The second-order valence-corrected chi connectivity index (χ2v) is 9.66. The van der Waals surface area contributed by atoms with Gasteiger partial charge in [0.15, 0.2) is 5.82 Å². The van der Waals surface area contributed by atoms with Crippen molar-refractivity contribution in [2.75, 3.05) is 4.72 Å². The van der Waals surface area contributed by atoms with Crippen LogP contribution >= 0.6 is 34.8 Å². The molecule has 1 aromatic heterocycles. The van der Waals surface area contributed by atoms with Crippen molar-refractivity contribution in [3.05, 3.63) is 74.9 Å². The lowest BCUT2D eigenvalue weighted by molar-refractivity contribution is 0.600. The molecule has 0 fully saturated rings. The Balaban J connectivity index is 1.78. The van der Waals surface area contributed by atoms with E-state index in [0.717, 1.165) is 17.5 Å². The quantitative estimate of drug-likeness (QED) is 0.445. The molecule has 154 valence electrons. The normalized spacial score (nSPS) is 12.7. The van der Waals surface area contributed by atoms with Gasteiger partial charge in [-0.1, -0.05) is 66.8 Å². The van der Waals surface area contributed by atoms with Crippen LogP contribution in [-0.2, 0) is 16.6 Å². The first kappa shape index (κ1) is 22.0. The molecular weight excluding hydrogens is 453 g/mol. The molecule has 3 aromatic rings. The molecule has 1 N–H and O–H groups in total. The average Bonchev–Trinajstić information content (AvgIpc) is 3.02. The molecule has 9 heteroatoms. The van der Waals surface area contributed by atoms with Crippen molar-refractivity contribution < 1.29 is 8.42 Å². The number of rotatable bonds is 7. The standard InChI is InChI=1S/C20H20Cl3N3O2S/c1-3-13(2)15-5-7-16(8-6-15)29(27,28)25-20-19(23)12-26(24-20)11-14-4-9-17(21)18(22)10-14/h4-10,12-13H,3,11H2,1-2H3,(H,24,25). The Morgan fingerprint density at radius 1 is 1.03 bits per heavy atom. The van der Waals surface area contributed by atoms with Gasteiger partial charge < -0.3 is 0 Å². The molecule has 0 saturated carbocycles. The predicted molar refractivity (Wildman–Crippen MR) is 119 cm³/mol. The van der Waals surface area contributed by atoms with Crippen molar-refractivity contribution in [3.8, 4) is 0 Å². The van der Waals surface area contributed by atoms with E-state index < -0.39 is 10.0 Å². The highest BCUT2D eigenvalue weighted by Gasteiger charge is 2.19. The molecule has 0 saturated heterocycles. The number of nitrogens with one attached hydrogen (secondary N) is 1. The van der Waals surface area contributed by atoms with Gasteiger partial charge in [-0.2, -0.15) is 5.10 Å². The van der Waals surface area contributed by atoms with Crippen LogP contribution in [0.2, 0.25) is 15.1 Å². The maximum atomic E-state index is 12.7. The Morgan fingerprint density at radius 3 is 2.34 bits per heavy atom. The van der Waals surface area contributed by atoms with Crippen molar-refractivity contribution in [2.24, 2.45) is 0 Å². The van der Waals surface area contributed by atoms with Gasteiger partial charge in [0.25, 0.3) is 10.0 Å². The van der Waals surface area contributed by atoms with Gasteiger partial charge in [0.2, 0.25) is 0 Å². The van der Waals surface area contributed by atoms with Crippen LogP contribution in [0, 0.1) is 0 Å². The summed E-state index contributed by atoms with van der Waals surface area (Å²) in [6, 6.07) is 12.1. The lowest BCUT2D eigenvalue weighted by Gasteiger charge is -2.10. The molecule has 29 heavy (non-hydrogen) atoms. The van der Waals surface area contributed by atoms with Crippen LogP contribution in [0.15, 0.2) is 53.6 Å². The number of sulfonamides is 1. The minimum Gasteiger partial charge on any atom is -0.265 e. The highest BCUT2D eigenvalue weighted by atomic mass is 35.5. The molecule has 3 rings (SSSR count). The Bertz CT molecular complexity index is 1110. The van der Waals surface area contributed by atoms with E-state index in [9.17, 15) is 8.42 Å². The summed E-state index contributed by atoms with van der Waals surface area (Å²) >= 11 is 18.1. The third-order valence-electron chi connectivity index (χ3n) is 4.65. The lowest BCUT2D eigenvalue weighted by Crippen LogP contribution is -2.14. The van der Waals surface area contributed by atoms with Gasteiger partial charge in [-0.15, -0.1) is 0 Å². The van der Waals surface area contributed by atoms with E-state index in [1.165, 1.54) is 4.68 Å². The average molecular weight is 473 g/mol. The summed E-state index contributed by atoms with van der Waals surface area (Å²) in [5, 5.41) is 5.34. The van der Waals surface area contributed by atoms with E-state index in [-0.39, 0.29) is 15.7 Å². The van der Waals surface area contributed by atoms with Gasteiger partial charge >= 0.3 is 0 Å². The van der Waals surface area contributed by atoms with Gasteiger partial charge in [0.1, 0.15) is 5.02 Å². The number of hydrogen-bond donors (Lipinski definition) is 1. The summed E-state index contributed by atoms with van der Waals surface area (Å²) in [5.74, 6) is 0.434. The largest absolute Gasteiger partial charge is 0.265 e. The maximum Gasteiger partial charge on any atom is 0.263 e. The van der Waals surface area contributed by atoms with Gasteiger partial charge in [0.05, 0.1) is 21.5 Å². The Morgan fingerprint density at radius 2 is 1.72 bits per heavy atom. The highest BCUT2D eigenvalue weighted by molar-refractivity contribution is 7.92. The summed E-state index contributed by atoms with van der Waals surface area (Å²) in [6.45, 7) is 4.55. The van der Waals surface area contributed by atoms with Crippen molar-refractivity contribution in [2.45, 2.75) is 37.6 Å². The second kappa shape index (κ2) is 8.96. The monoisotopic (exact) mass is 471 g/mol. The smallest absolute Gasteiger partial charge is 0.263 e. The first-order valence-corrected chi connectivity index (χ1v) is 11.6. The summed E-state index contributed by atoms with van der Waals surface area (Å²) in [5.41, 5.74) is 1.95. The molecular formula is C20H20Cl3N3O2S. The molecule has 0 bridgehead atoms. The number of halogens is 3. The van der Waals surface area contributed by atoms with E-state index in [2.05, 4.69) is 23.7 Å². The minimum absolute atomic E-state index is 0.0673. The summed E-state index contributed by atoms with van der Waals surface area (Å²) in [6.07, 6.45) is 2.53. The van der Waals surface area contributed by atoms with E-state index in [4.69, 9.17) is 34.8 Å². The van der Waals surface area contributed by atoms with Crippen LogP contribution in [0.3, 0.4) is 0 Å². The van der Waals surface area contributed by atoms with E-state index in [1.54, 1.807) is 30.5 Å². The number of anilines is 1. The third kappa shape index (κ3) is 5.25. The predicted octanol–water partition coefficient (Wildman–Crippen LogP) is 6.21. The fraction of sp³-hybridized carbons (Fsp3) is 0.250. The Kier molecular flexibility index (Phi) is 6.79. The third-order valence-corrected chi connectivity index (χ3v) is 7.02.